The molecule has 84 valence electrons. The van der Waals surface area contributed by atoms with Crippen LogP contribution in [0.2, 0.25) is 0 Å². The highest BCUT2D eigenvalue weighted by atomic mass is 32.2. The third-order valence-electron chi connectivity index (χ3n) is 1.61. The monoisotopic (exact) mass is 230 g/mol. The van der Waals surface area contributed by atoms with Crippen molar-refractivity contribution in [3.63, 3.8) is 0 Å². The number of aromatic nitrogens is 1. The summed E-state index contributed by atoms with van der Waals surface area (Å²) in [4.78, 5) is 3.76. The highest BCUT2D eigenvalue weighted by Gasteiger charge is 1.97. The topological polar surface area (TPSA) is 82.7 Å². The summed E-state index contributed by atoms with van der Waals surface area (Å²) in [5.41, 5.74) is 2.89. The molecular formula is C8H14N4O2S. The van der Waals surface area contributed by atoms with Crippen LogP contribution in [0.25, 0.3) is 0 Å². The van der Waals surface area contributed by atoms with Gasteiger partial charge in [0.15, 0.2) is 0 Å². The number of thioether (sulfide) groups is 1. The van der Waals surface area contributed by atoms with Gasteiger partial charge in [0.1, 0.15) is 6.26 Å². The van der Waals surface area contributed by atoms with E-state index in [-0.39, 0.29) is 0 Å². The summed E-state index contributed by atoms with van der Waals surface area (Å²) in [7, 11) is 1.59. The number of hydrogen-bond donors (Lipinski definition) is 3. The molecule has 0 aliphatic heterocycles. The summed E-state index contributed by atoms with van der Waals surface area (Å²) >= 11 is 1.72. The molecule has 3 N–H and O–H groups in total. The van der Waals surface area contributed by atoms with Crippen molar-refractivity contribution in [3.8, 4) is 0 Å². The third-order valence-corrected chi connectivity index (χ3v) is 2.60. The van der Waals surface area contributed by atoms with Gasteiger partial charge >= 0.3 is 0 Å². The largest absolute Gasteiger partial charge is 0.364 e. The molecule has 6 nitrogen and oxygen atoms in total. The van der Waals surface area contributed by atoms with Crippen molar-refractivity contribution in [2.75, 3.05) is 19.3 Å². The molecule has 0 bridgehead atoms. The number of rotatable bonds is 5. The smallest absolute Gasteiger partial charge is 0.215 e. The van der Waals surface area contributed by atoms with Crippen LogP contribution in [0.4, 0.5) is 0 Å². The number of guanidine groups is 1. The summed E-state index contributed by atoms with van der Waals surface area (Å²) < 4.78 is 4.70. The summed E-state index contributed by atoms with van der Waals surface area (Å²) in [5, 5.41) is 15.3. The molecule has 1 aromatic rings. The molecule has 1 heterocycles. The Bertz CT molecular complexity index is 289. The zero-order valence-electron chi connectivity index (χ0n) is 8.43. The molecule has 0 saturated heterocycles. The number of nitrogens with one attached hydrogen (secondary N) is 2. The van der Waals surface area contributed by atoms with E-state index in [9.17, 15) is 0 Å². The maximum absolute atomic E-state index is 8.56. The minimum atomic E-state index is 0.372. The van der Waals surface area contributed by atoms with Crippen molar-refractivity contribution in [3.05, 3.63) is 18.0 Å². The Kier molecular flexibility index (Phi) is 5.64. The number of hydroxylamine groups is 1. The van der Waals surface area contributed by atoms with Crippen LogP contribution in [0.15, 0.2) is 21.8 Å². The second kappa shape index (κ2) is 7.13. The SMILES string of the molecule is CN=C(NO)NCCSCc1ccon1. The van der Waals surface area contributed by atoms with Crippen LogP contribution in [-0.4, -0.2) is 35.7 Å². The van der Waals surface area contributed by atoms with Gasteiger partial charge in [0.2, 0.25) is 5.96 Å². The van der Waals surface area contributed by atoms with E-state index in [0.717, 1.165) is 23.7 Å². The van der Waals surface area contributed by atoms with E-state index < -0.39 is 0 Å². The lowest BCUT2D eigenvalue weighted by Gasteiger charge is -2.06. The molecule has 0 aliphatic carbocycles. The van der Waals surface area contributed by atoms with Gasteiger partial charge in [0.05, 0.1) is 5.69 Å². The average molecular weight is 230 g/mol. The number of nitrogens with zero attached hydrogens (tertiary/aromatic N) is 2. The molecule has 0 spiro atoms. The van der Waals surface area contributed by atoms with Crippen molar-refractivity contribution in [2.24, 2.45) is 4.99 Å². The van der Waals surface area contributed by atoms with Crippen LogP contribution in [0.5, 0.6) is 0 Å². The molecule has 15 heavy (non-hydrogen) atoms. The van der Waals surface area contributed by atoms with Crippen molar-refractivity contribution in [2.45, 2.75) is 5.75 Å². The van der Waals surface area contributed by atoms with Gasteiger partial charge in [-0.3, -0.25) is 10.2 Å². The van der Waals surface area contributed by atoms with E-state index in [4.69, 9.17) is 9.73 Å². The van der Waals surface area contributed by atoms with E-state index in [2.05, 4.69) is 15.5 Å². The molecular weight excluding hydrogens is 216 g/mol. The Labute approximate surface area is 92.1 Å². The number of aliphatic imine (C=N–C) groups is 1. The van der Waals surface area contributed by atoms with Crippen molar-refractivity contribution in [1.82, 2.24) is 16.0 Å². The normalized spacial score (nSPS) is 11.5. The van der Waals surface area contributed by atoms with Gasteiger partial charge in [-0.05, 0) is 0 Å². The maximum atomic E-state index is 8.56. The predicted octanol–water partition coefficient (Wildman–Crippen LogP) is 0.462. The zero-order chi connectivity index (χ0) is 10.9. The van der Waals surface area contributed by atoms with E-state index in [0.29, 0.717) is 5.96 Å². The van der Waals surface area contributed by atoms with Gasteiger partial charge in [-0.25, -0.2) is 5.48 Å². The Morgan fingerprint density at radius 3 is 3.20 bits per heavy atom. The van der Waals surface area contributed by atoms with E-state index >= 15 is 0 Å². The van der Waals surface area contributed by atoms with E-state index in [1.54, 1.807) is 25.1 Å². The van der Waals surface area contributed by atoms with Crippen LogP contribution in [0.1, 0.15) is 5.69 Å². The molecule has 0 radical (unpaired) electrons. The standard InChI is InChI=1S/C8H14N4O2S/c1-9-8(11-13)10-3-5-15-6-7-2-4-14-12-7/h2,4,13H,3,5-6H2,1H3,(H2,9,10,11). The average Bonchev–Trinajstić information content (AvgIpc) is 2.76. The fourth-order valence-corrected chi connectivity index (χ4v) is 1.65. The fraction of sp³-hybridized carbons (Fsp3) is 0.500. The highest BCUT2D eigenvalue weighted by molar-refractivity contribution is 7.98. The summed E-state index contributed by atoms with van der Waals surface area (Å²) in [6, 6.07) is 1.84. The first-order chi connectivity index (χ1) is 7.36. The van der Waals surface area contributed by atoms with Crippen LogP contribution >= 0.6 is 11.8 Å². The molecule has 1 aromatic heterocycles. The summed E-state index contributed by atoms with van der Waals surface area (Å²) in [6.07, 6.45) is 1.56. The Balaban J connectivity index is 2.02. The minimum absolute atomic E-state index is 0.372. The second-order valence-electron chi connectivity index (χ2n) is 2.65. The van der Waals surface area contributed by atoms with Gasteiger partial charge < -0.3 is 9.84 Å². The molecule has 0 amide bonds. The second-order valence-corrected chi connectivity index (χ2v) is 3.76. The molecule has 1 rings (SSSR count). The van der Waals surface area contributed by atoms with E-state index in [1.165, 1.54) is 0 Å². The van der Waals surface area contributed by atoms with Gasteiger partial charge in [0.25, 0.3) is 0 Å². The molecule has 0 unspecified atom stereocenters. The molecule has 0 saturated carbocycles. The summed E-state index contributed by atoms with van der Waals surface area (Å²) in [5.74, 6) is 2.09. The van der Waals surface area contributed by atoms with Crippen LogP contribution in [-0.2, 0) is 5.75 Å². The first-order valence-electron chi connectivity index (χ1n) is 4.44. The van der Waals surface area contributed by atoms with Crippen molar-refractivity contribution in [1.29, 1.82) is 0 Å². The zero-order valence-corrected chi connectivity index (χ0v) is 9.25. The van der Waals surface area contributed by atoms with Crippen molar-refractivity contribution >= 4 is 17.7 Å². The third kappa shape index (κ3) is 4.71. The quantitative estimate of drug-likeness (QED) is 0.295. The van der Waals surface area contributed by atoms with Gasteiger partial charge in [-0.2, -0.15) is 11.8 Å². The van der Waals surface area contributed by atoms with Crippen LogP contribution < -0.4 is 10.8 Å². The maximum Gasteiger partial charge on any atom is 0.215 e. The molecule has 0 aromatic carbocycles. The first-order valence-corrected chi connectivity index (χ1v) is 5.60. The lowest BCUT2D eigenvalue weighted by Crippen LogP contribution is -2.36. The van der Waals surface area contributed by atoms with Gasteiger partial charge in [-0.15, -0.1) is 0 Å². The van der Waals surface area contributed by atoms with Gasteiger partial charge in [-0.1, -0.05) is 5.16 Å². The lowest BCUT2D eigenvalue weighted by molar-refractivity contribution is 0.229. The molecule has 0 fully saturated rings. The molecule has 0 atom stereocenters. The van der Waals surface area contributed by atoms with Crippen LogP contribution in [0, 0.1) is 0 Å². The fourth-order valence-electron chi connectivity index (χ4n) is 0.899. The Hall–Kier alpha value is -1.21. The summed E-state index contributed by atoms with van der Waals surface area (Å²) in [6.45, 7) is 0.725. The Morgan fingerprint density at radius 1 is 1.73 bits per heavy atom. The Morgan fingerprint density at radius 2 is 2.60 bits per heavy atom. The predicted molar refractivity (Wildman–Crippen MR) is 58.9 cm³/mol. The lowest BCUT2D eigenvalue weighted by atomic mass is 10.5. The highest BCUT2D eigenvalue weighted by Crippen LogP contribution is 2.08. The van der Waals surface area contributed by atoms with Crippen molar-refractivity contribution < 1.29 is 9.73 Å². The minimum Gasteiger partial charge on any atom is -0.364 e. The van der Waals surface area contributed by atoms with Crippen LogP contribution in [0.3, 0.4) is 0 Å². The molecule has 0 aliphatic rings. The van der Waals surface area contributed by atoms with Gasteiger partial charge in [0, 0.05) is 31.2 Å². The van der Waals surface area contributed by atoms with E-state index in [1.807, 2.05) is 11.5 Å². The number of hydrogen-bond acceptors (Lipinski definition) is 5. The molecule has 7 heteroatoms. The first kappa shape index (κ1) is 11.9.